The molecule has 0 radical (unpaired) electrons. The minimum absolute atomic E-state index is 0.190. The Morgan fingerprint density at radius 1 is 1.38 bits per heavy atom. The van der Waals surface area contributed by atoms with Crippen LogP contribution in [0.25, 0.3) is 0 Å². The predicted octanol–water partition coefficient (Wildman–Crippen LogP) is -1.22. The zero-order chi connectivity index (χ0) is 5.98. The van der Waals surface area contributed by atoms with Crippen molar-refractivity contribution in [3.8, 4) is 0 Å². The summed E-state index contributed by atoms with van der Waals surface area (Å²) in [6, 6.07) is 0. The lowest BCUT2D eigenvalue weighted by Crippen LogP contribution is -1.99. The fourth-order valence-electron chi connectivity index (χ4n) is 0.321. The van der Waals surface area contributed by atoms with Crippen LogP contribution in [0.1, 0.15) is 0 Å². The molecule has 44 valence electrons. The van der Waals surface area contributed by atoms with Crippen LogP contribution in [0.15, 0.2) is 4.79 Å². The van der Waals surface area contributed by atoms with Gasteiger partial charge in [-0.3, -0.25) is 10.1 Å². The Hall–Kier alpha value is -1.04. The SMILES string of the molecule is O=S=c1[nH][nH]c(=O)[nH]1. The Morgan fingerprint density at radius 2 is 2.12 bits per heavy atom. The molecule has 1 aromatic heterocycles. The molecule has 6 heteroatoms. The predicted molar refractivity (Wildman–Crippen MR) is 27.1 cm³/mol. The summed E-state index contributed by atoms with van der Waals surface area (Å²) in [5.41, 5.74) is -0.400. The van der Waals surface area contributed by atoms with Crippen molar-refractivity contribution >= 4 is 11.3 Å². The fraction of sp³-hybridized carbons (Fsp3) is 0. The number of hydrogen-bond acceptors (Lipinski definition) is 2. The third kappa shape index (κ3) is 0.784. The normalized spacial score (nSPS) is 9.00. The molecular weight excluding hydrogens is 130 g/mol. The van der Waals surface area contributed by atoms with Crippen LogP contribution in [0.5, 0.6) is 0 Å². The smallest absolute Gasteiger partial charge is 0.280 e. The van der Waals surface area contributed by atoms with Crippen LogP contribution in [-0.4, -0.2) is 19.4 Å². The van der Waals surface area contributed by atoms with E-state index in [2.05, 4.69) is 15.2 Å². The first-order valence-corrected chi connectivity index (χ1v) is 2.57. The van der Waals surface area contributed by atoms with E-state index in [1.54, 1.807) is 0 Å². The average Bonchev–Trinajstić information content (AvgIpc) is 2.14. The van der Waals surface area contributed by atoms with Gasteiger partial charge in [0.1, 0.15) is 11.3 Å². The van der Waals surface area contributed by atoms with E-state index in [-0.39, 0.29) is 16.0 Å². The Labute approximate surface area is 46.8 Å². The molecule has 8 heavy (non-hydrogen) atoms. The molecule has 5 nitrogen and oxygen atoms in total. The zero-order valence-electron chi connectivity index (χ0n) is 3.72. The third-order valence-corrected chi connectivity index (χ3v) is 0.971. The first-order valence-electron chi connectivity index (χ1n) is 1.82. The van der Waals surface area contributed by atoms with Gasteiger partial charge in [-0.25, -0.2) is 14.1 Å². The summed E-state index contributed by atoms with van der Waals surface area (Å²) >= 11 is 0.197. The highest BCUT2D eigenvalue weighted by Gasteiger charge is 1.78. The van der Waals surface area contributed by atoms with Gasteiger partial charge in [0.25, 0.3) is 0 Å². The van der Waals surface area contributed by atoms with Gasteiger partial charge >= 0.3 is 5.69 Å². The van der Waals surface area contributed by atoms with Crippen molar-refractivity contribution in [3.63, 3.8) is 0 Å². The molecular formula is C2H3N3O2S. The molecule has 0 spiro atoms. The monoisotopic (exact) mass is 133 g/mol. The number of aromatic amines is 3. The fourth-order valence-corrected chi connectivity index (χ4v) is 0.548. The summed E-state index contributed by atoms with van der Waals surface area (Å²) < 4.78 is 10.0. The second-order valence-corrected chi connectivity index (χ2v) is 1.69. The summed E-state index contributed by atoms with van der Waals surface area (Å²) in [7, 11) is 0. The number of aromatic nitrogens is 3. The summed E-state index contributed by atoms with van der Waals surface area (Å²) in [6.07, 6.45) is 0. The first kappa shape index (κ1) is 5.10. The van der Waals surface area contributed by atoms with E-state index in [9.17, 15) is 9.00 Å². The molecule has 1 aromatic rings. The Morgan fingerprint density at radius 3 is 2.38 bits per heavy atom. The average molecular weight is 133 g/mol. The number of rotatable bonds is 0. The molecule has 0 aliphatic heterocycles. The van der Waals surface area contributed by atoms with Crippen molar-refractivity contribution in [3.05, 3.63) is 15.3 Å². The highest BCUT2D eigenvalue weighted by Crippen LogP contribution is 1.54. The molecule has 3 N–H and O–H groups in total. The van der Waals surface area contributed by atoms with Crippen molar-refractivity contribution < 1.29 is 4.21 Å². The topological polar surface area (TPSA) is 81.5 Å². The molecule has 0 saturated carbocycles. The van der Waals surface area contributed by atoms with Crippen molar-refractivity contribution in [1.29, 1.82) is 0 Å². The lowest BCUT2D eigenvalue weighted by atomic mass is 11.3. The second kappa shape index (κ2) is 1.83. The first-order chi connectivity index (χ1) is 3.83. The van der Waals surface area contributed by atoms with Crippen molar-refractivity contribution in [2.24, 2.45) is 0 Å². The van der Waals surface area contributed by atoms with Gasteiger partial charge in [-0.2, -0.15) is 0 Å². The van der Waals surface area contributed by atoms with E-state index in [1.165, 1.54) is 0 Å². The lowest BCUT2D eigenvalue weighted by molar-refractivity contribution is 0.698. The van der Waals surface area contributed by atoms with Crippen LogP contribution >= 0.6 is 0 Å². The minimum atomic E-state index is -0.400. The molecule has 0 aliphatic carbocycles. The van der Waals surface area contributed by atoms with E-state index < -0.39 is 5.69 Å². The number of H-pyrrole nitrogens is 3. The van der Waals surface area contributed by atoms with Gasteiger partial charge in [0.15, 0.2) is 0 Å². The van der Waals surface area contributed by atoms with E-state index in [1.807, 2.05) is 0 Å². The third-order valence-electron chi connectivity index (χ3n) is 0.600. The molecule has 0 bridgehead atoms. The van der Waals surface area contributed by atoms with Crippen LogP contribution in [0, 0.1) is 4.77 Å². The summed E-state index contributed by atoms with van der Waals surface area (Å²) in [5, 5.41) is 4.48. The summed E-state index contributed by atoms with van der Waals surface area (Å²) in [5.74, 6) is 0. The van der Waals surface area contributed by atoms with Crippen molar-refractivity contribution in [2.75, 3.05) is 0 Å². The number of nitrogens with one attached hydrogen (secondary N) is 3. The lowest BCUT2D eigenvalue weighted by Gasteiger charge is -1.55. The van der Waals surface area contributed by atoms with Crippen LogP contribution in [-0.2, 0) is 11.3 Å². The van der Waals surface area contributed by atoms with Gasteiger partial charge in [0.2, 0.25) is 4.77 Å². The van der Waals surface area contributed by atoms with Gasteiger partial charge < -0.3 is 0 Å². The van der Waals surface area contributed by atoms with Crippen LogP contribution < -0.4 is 5.69 Å². The van der Waals surface area contributed by atoms with Crippen molar-refractivity contribution in [2.45, 2.75) is 0 Å². The molecule has 0 fully saturated rings. The van der Waals surface area contributed by atoms with E-state index in [0.717, 1.165) is 0 Å². The van der Waals surface area contributed by atoms with Gasteiger partial charge in [0.05, 0.1) is 0 Å². The molecule has 0 unspecified atom stereocenters. The van der Waals surface area contributed by atoms with E-state index in [0.29, 0.717) is 0 Å². The summed E-state index contributed by atoms with van der Waals surface area (Å²) in [4.78, 5) is 12.4. The minimum Gasteiger partial charge on any atom is -0.280 e. The number of hydrogen-bond donors (Lipinski definition) is 3. The Balaban J connectivity index is 3.65. The highest BCUT2D eigenvalue weighted by molar-refractivity contribution is 7.56. The molecule has 1 rings (SSSR count). The quantitative estimate of drug-likeness (QED) is 0.387. The van der Waals surface area contributed by atoms with E-state index >= 15 is 0 Å². The standard InChI is InChI=1S/C2H3N3O2S/c6-1-3-2(8-7)5-4-1/h5H,(H2,3,4,6). The van der Waals surface area contributed by atoms with Gasteiger partial charge in [-0.15, -0.1) is 0 Å². The maximum absolute atomic E-state index is 10.2. The Bertz CT molecular complexity index is 299. The molecule has 0 atom stereocenters. The largest absolute Gasteiger partial charge is 0.339 e. The van der Waals surface area contributed by atoms with Crippen LogP contribution in [0.2, 0.25) is 0 Å². The van der Waals surface area contributed by atoms with E-state index in [4.69, 9.17) is 0 Å². The highest BCUT2D eigenvalue weighted by atomic mass is 32.1. The van der Waals surface area contributed by atoms with Gasteiger partial charge in [-0.05, 0) is 0 Å². The van der Waals surface area contributed by atoms with Crippen LogP contribution in [0.3, 0.4) is 0 Å². The molecule has 1 heterocycles. The zero-order valence-corrected chi connectivity index (χ0v) is 4.54. The molecule has 0 amide bonds. The van der Waals surface area contributed by atoms with Gasteiger partial charge in [-0.1, -0.05) is 0 Å². The maximum Gasteiger partial charge on any atom is 0.339 e. The second-order valence-electron chi connectivity index (χ2n) is 1.12. The van der Waals surface area contributed by atoms with Crippen molar-refractivity contribution in [1.82, 2.24) is 15.2 Å². The molecule has 0 saturated heterocycles. The Kier molecular flexibility index (Phi) is 1.17. The van der Waals surface area contributed by atoms with Crippen LogP contribution in [0.4, 0.5) is 0 Å². The summed E-state index contributed by atoms with van der Waals surface area (Å²) in [6.45, 7) is 0. The maximum atomic E-state index is 10.2. The molecule has 0 aliphatic rings. The molecule has 0 aromatic carbocycles. The van der Waals surface area contributed by atoms with Gasteiger partial charge in [0, 0.05) is 0 Å².